The van der Waals surface area contributed by atoms with E-state index in [0.29, 0.717) is 22.7 Å². The second-order valence-corrected chi connectivity index (χ2v) is 9.65. The van der Waals surface area contributed by atoms with E-state index in [4.69, 9.17) is 17.3 Å². The van der Waals surface area contributed by atoms with E-state index in [2.05, 4.69) is 15.3 Å². The number of aromatic nitrogens is 3. The lowest BCUT2D eigenvalue weighted by atomic mass is 9.97. The van der Waals surface area contributed by atoms with Crippen LogP contribution >= 0.6 is 11.6 Å². The number of benzene rings is 2. The first-order chi connectivity index (χ1) is 17.3. The van der Waals surface area contributed by atoms with Crippen LogP contribution in [0, 0.1) is 0 Å². The molecule has 36 heavy (non-hydrogen) atoms. The van der Waals surface area contributed by atoms with Crippen molar-refractivity contribution >= 4 is 46.0 Å². The molecule has 0 aliphatic carbocycles. The Labute approximate surface area is 214 Å². The van der Waals surface area contributed by atoms with E-state index in [1.165, 1.54) is 6.33 Å². The molecule has 3 heterocycles. The number of hydrogen-bond acceptors (Lipinski definition) is 5. The van der Waals surface area contributed by atoms with Crippen LogP contribution in [0.1, 0.15) is 30.1 Å². The first-order valence-electron chi connectivity index (χ1n) is 11.9. The van der Waals surface area contributed by atoms with Gasteiger partial charge in [0, 0.05) is 37.0 Å². The summed E-state index contributed by atoms with van der Waals surface area (Å²) in [5.74, 6) is 0.180. The van der Waals surface area contributed by atoms with Crippen LogP contribution in [0.15, 0.2) is 54.9 Å². The lowest BCUT2D eigenvalue weighted by Crippen LogP contribution is -2.27. The minimum atomic E-state index is -0.628. The largest absolute Gasteiger partial charge is 0.383 e. The van der Waals surface area contributed by atoms with E-state index >= 15 is 0 Å². The number of nitrogens with two attached hydrogens (primary N) is 1. The minimum absolute atomic E-state index is 0.0592. The van der Waals surface area contributed by atoms with E-state index in [1.54, 1.807) is 6.92 Å². The number of nitrogens with zero attached hydrogens (tertiary/aromatic N) is 4. The van der Waals surface area contributed by atoms with Crippen molar-refractivity contribution < 1.29 is 9.59 Å². The molecule has 184 valence electrons. The Kier molecular flexibility index (Phi) is 6.36. The standard InChI is InChI=1S/C27H27ClN6O2/c1-16(28)26(35)32-20-11-9-18(10-12-20)23-21(22-24(29)30-15-31-25(22)33(23)2)17-5-7-19(8-6-17)27(36)34-13-3-4-14-34/h5-12,15-16H,3-4,13-14H2,1-2H3,(H,32,35)(H2,29,30,31). The maximum Gasteiger partial charge on any atom is 0.253 e. The van der Waals surface area contributed by atoms with E-state index in [-0.39, 0.29) is 11.8 Å². The van der Waals surface area contributed by atoms with Gasteiger partial charge in [-0.1, -0.05) is 24.3 Å². The number of nitrogen functional groups attached to an aromatic ring is 1. The highest BCUT2D eigenvalue weighted by Gasteiger charge is 2.23. The highest BCUT2D eigenvalue weighted by molar-refractivity contribution is 6.32. The summed E-state index contributed by atoms with van der Waals surface area (Å²) in [4.78, 5) is 35.4. The van der Waals surface area contributed by atoms with Crippen LogP contribution in [0.2, 0.25) is 0 Å². The summed E-state index contributed by atoms with van der Waals surface area (Å²) < 4.78 is 1.99. The van der Waals surface area contributed by atoms with Gasteiger partial charge in [0.25, 0.3) is 5.91 Å². The fourth-order valence-corrected chi connectivity index (χ4v) is 4.78. The number of rotatable bonds is 5. The highest BCUT2D eigenvalue weighted by atomic mass is 35.5. The summed E-state index contributed by atoms with van der Waals surface area (Å²) in [6.45, 7) is 3.24. The molecule has 8 nitrogen and oxygen atoms in total. The normalized spacial score (nSPS) is 14.2. The quantitative estimate of drug-likeness (QED) is 0.385. The Morgan fingerprint density at radius 1 is 1.00 bits per heavy atom. The van der Waals surface area contributed by atoms with E-state index < -0.39 is 5.38 Å². The average molecular weight is 503 g/mol. The number of likely N-dealkylation sites (tertiary alicyclic amines) is 1. The van der Waals surface area contributed by atoms with Gasteiger partial charge < -0.3 is 20.5 Å². The van der Waals surface area contributed by atoms with E-state index in [1.807, 2.05) is 65.0 Å². The molecule has 0 radical (unpaired) electrons. The van der Waals surface area contributed by atoms with E-state index in [0.717, 1.165) is 53.7 Å². The fourth-order valence-electron chi connectivity index (χ4n) is 4.73. The number of halogens is 1. The number of anilines is 2. The van der Waals surface area contributed by atoms with Crippen molar-refractivity contribution in [1.29, 1.82) is 0 Å². The van der Waals surface area contributed by atoms with Crippen molar-refractivity contribution in [2.75, 3.05) is 24.1 Å². The second kappa shape index (κ2) is 9.62. The number of fused-ring (bicyclic) bond motifs is 1. The predicted octanol–water partition coefficient (Wildman–Crippen LogP) is 4.69. The number of hydrogen-bond donors (Lipinski definition) is 2. The lowest BCUT2D eigenvalue weighted by Gasteiger charge is -2.15. The van der Waals surface area contributed by atoms with Gasteiger partial charge in [-0.3, -0.25) is 9.59 Å². The Morgan fingerprint density at radius 3 is 2.28 bits per heavy atom. The van der Waals surface area contributed by atoms with Gasteiger partial charge in [0.2, 0.25) is 5.91 Å². The van der Waals surface area contributed by atoms with Gasteiger partial charge in [-0.25, -0.2) is 9.97 Å². The maximum atomic E-state index is 12.8. The number of carbonyl (C=O) groups excluding carboxylic acids is 2. The molecule has 0 saturated carbocycles. The zero-order valence-electron chi connectivity index (χ0n) is 20.2. The first kappa shape index (κ1) is 23.8. The molecule has 1 fully saturated rings. The SMILES string of the molecule is CC(Cl)C(=O)Nc1ccc(-c2c(-c3ccc(C(=O)N4CCCC4)cc3)c3c(N)ncnc3n2C)cc1. The Morgan fingerprint density at radius 2 is 1.64 bits per heavy atom. The van der Waals surface area contributed by atoms with E-state index in [9.17, 15) is 9.59 Å². The molecule has 3 N–H and O–H groups in total. The average Bonchev–Trinajstić information content (AvgIpc) is 3.52. The van der Waals surface area contributed by atoms with Gasteiger partial charge in [0.1, 0.15) is 23.2 Å². The Bertz CT molecular complexity index is 1440. The van der Waals surface area contributed by atoms with Crippen LogP contribution in [0.25, 0.3) is 33.4 Å². The van der Waals surface area contributed by atoms with Gasteiger partial charge in [-0.2, -0.15) is 0 Å². The summed E-state index contributed by atoms with van der Waals surface area (Å²) in [5.41, 5.74) is 12.0. The third-order valence-corrected chi connectivity index (χ3v) is 6.80. The van der Waals surface area contributed by atoms with Crippen LogP contribution in [0.3, 0.4) is 0 Å². The Balaban J connectivity index is 1.59. The Hall–Kier alpha value is -3.91. The van der Waals surface area contributed by atoms with Gasteiger partial charge in [-0.05, 0) is 55.2 Å². The highest BCUT2D eigenvalue weighted by Crippen LogP contribution is 2.41. The van der Waals surface area contributed by atoms with Crippen LogP contribution < -0.4 is 11.1 Å². The summed E-state index contributed by atoms with van der Waals surface area (Å²) >= 11 is 5.88. The molecular formula is C27H27ClN6O2. The first-order valence-corrected chi connectivity index (χ1v) is 12.3. The molecule has 1 aliphatic heterocycles. The van der Waals surface area contributed by atoms with Crippen LogP contribution in [0.4, 0.5) is 11.5 Å². The van der Waals surface area contributed by atoms with Gasteiger partial charge in [0.15, 0.2) is 0 Å². The molecule has 1 unspecified atom stereocenters. The minimum Gasteiger partial charge on any atom is -0.383 e. The summed E-state index contributed by atoms with van der Waals surface area (Å²) in [6, 6.07) is 15.2. The molecule has 1 aliphatic rings. The van der Waals surface area contributed by atoms with Crippen LogP contribution in [-0.4, -0.2) is 49.7 Å². The van der Waals surface area contributed by atoms with Crippen molar-refractivity contribution in [3.05, 3.63) is 60.4 Å². The van der Waals surface area contributed by atoms with Crippen LogP contribution in [-0.2, 0) is 11.8 Å². The topological polar surface area (TPSA) is 106 Å². The van der Waals surface area contributed by atoms with Crippen molar-refractivity contribution in [2.45, 2.75) is 25.1 Å². The molecule has 1 atom stereocenters. The number of amides is 2. The molecule has 0 bridgehead atoms. The predicted molar refractivity (Wildman–Crippen MR) is 143 cm³/mol. The third-order valence-electron chi connectivity index (χ3n) is 6.60. The number of alkyl halides is 1. The summed E-state index contributed by atoms with van der Waals surface area (Å²) in [6.07, 6.45) is 3.56. The molecule has 4 aromatic rings. The monoisotopic (exact) mass is 502 g/mol. The molecule has 5 rings (SSSR count). The molecule has 2 amide bonds. The lowest BCUT2D eigenvalue weighted by molar-refractivity contribution is -0.115. The summed E-state index contributed by atoms with van der Waals surface area (Å²) in [7, 11) is 1.93. The zero-order chi connectivity index (χ0) is 25.4. The summed E-state index contributed by atoms with van der Waals surface area (Å²) in [5, 5.41) is 2.92. The zero-order valence-corrected chi connectivity index (χ0v) is 20.9. The molecule has 9 heteroatoms. The third kappa shape index (κ3) is 4.28. The molecule has 2 aromatic heterocycles. The van der Waals surface area contributed by atoms with Gasteiger partial charge >= 0.3 is 0 Å². The second-order valence-electron chi connectivity index (χ2n) is 9.00. The van der Waals surface area contributed by atoms with Crippen molar-refractivity contribution in [3.8, 4) is 22.4 Å². The van der Waals surface area contributed by atoms with Crippen molar-refractivity contribution in [1.82, 2.24) is 19.4 Å². The number of nitrogens with one attached hydrogen (secondary N) is 1. The van der Waals surface area contributed by atoms with Crippen LogP contribution in [0.5, 0.6) is 0 Å². The van der Waals surface area contributed by atoms with Gasteiger partial charge in [0.05, 0.1) is 11.1 Å². The molecule has 2 aromatic carbocycles. The number of carbonyl (C=O) groups is 2. The van der Waals surface area contributed by atoms with Crippen molar-refractivity contribution in [3.63, 3.8) is 0 Å². The smallest absolute Gasteiger partial charge is 0.253 e. The van der Waals surface area contributed by atoms with Crippen molar-refractivity contribution in [2.24, 2.45) is 7.05 Å². The van der Waals surface area contributed by atoms with Gasteiger partial charge in [-0.15, -0.1) is 11.6 Å². The fraction of sp³-hybridized carbons (Fsp3) is 0.259. The molecule has 0 spiro atoms. The maximum absolute atomic E-state index is 12.8. The number of aryl methyl sites for hydroxylation is 1. The molecular weight excluding hydrogens is 476 g/mol. The molecule has 1 saturated heterocycles.